The summed E-state index contributed by atoms with van der Waals surface area (Å²) in [5.74, 6) is 2.27. The number of nitrogens with one attached hydrogen (secondary N) is 1. The van der Waals surface area contributed by atoms with Crippen molar-refractivity contribution in [2.75, 3.05) is 13.7 Å². The Kier molecular flexibility index (Phi) is 6.93. The van der Waals surface area contributed by atoms with Crippen LogP contribution in [-0.4, -0.2) is 29.2 Å². The Morgan fingerprint density at radius 2 is 1.76 bits per heavy atom. The van der Waals surface area contributed by atoms with E-state index in [0.29, 0.717) is 24.5 Å². The molecule has 33 heavy (non-hydrogen) atoms. The van der Waals surface area contributed by atoms with Crippen LogP contribution >= 0.6 is 0 Å². The quantitative estimate of drug-likeness (QED) is 0.367. The number of carbonyl (C=O) groups is 1. The van der Waals surface area contributed by atoms with E-state index in [0.717, 1.165) is 46.7 Å². The van der Waals surface area contributed by atoms with Crippen molar-refractivity contribution in [1.29, 1.82) is 0 Å². The van der Waals surface area contributed by atoms with Gasteiger partial charge in [0.2, 0.25) is 0 Å². The number of aryl methyl sites for hydroxylation is 3. The van der Waals surface area contributed by atoms with Gasteiger partial charge in [-0.15, -0.1) is 0 Å². The maximum atomic E-state index is 12.7. The second kappa shape index (κ2) is 10.2. The Hall–Kier alpha value is -3.80. The monoisotopic (exact) mass is 443 g/mol. The molecule has 0 aliphatic rings. The fraction of sp³-hybridized carbons (Fsp3) is 0.259. The van der Waals surface area contributed by atoms with E-state index in [-0.39, 0.29) is 5.91 Å². The van der Waals surface area contributed by atoms with Gasteiger partial charge in [0.1, 0.15) is 17.3 Å². The predicted octanol–water partition coefficient (Wildman–Crippen LogP) is 5.06. The molecule has 0 saturated carbocycles. The molecule has 0 aliphatic heterocycles. The van der Waals surface area contributed by atoms with Gasteiger partial charge in [-0.25, -0.2) is 4.98 Å². The number of amides is 1. The summed E-state index contributed by atoms with van der Waals surface area (Å²) in [5, 5.41) is 2.99. The maximum absolute atomic E-state index is 12.7. The number of para-hydroxylation sites is 3. The first-order valence-electron chi connectivity index (χ1n) is 11.1. The molecule has 170 valence electrons. The molecule has 1 N–H and O–H groups in total. The third kappa shape index (κ3) is 5.17. The topological polar surface area (TPSA) is 65.4 Å². The molecule has 6 heteroatoms. The van der Waals surface area contributed by atoms with Gasteiger partial charge in [0.25, 0.3) is 5.91 Å². The number of ether oxygens (including phenoxy) is 2. The van der Waals surface area contributed by atoms with Crippen molar-refractivity contribution in [3.8, 4) is 11.5 Å². The number of imidazole rings is 1. The maximum Gasteiger partial charge on any atom is 0.251 e. The lowest BCUT2D eigenvalue weighted by atomic mass is 10.1. The summed E-state index contributed by atoms with van der Waals surface area (Å²) in [4.78, 5) is 17.4. The van der Waals surface area contributed by atoms with E-state index in [1.54, 1.807) is 25.3 Å². The molecule has 4 aromatic rings. The fourth-order valence-corrected chi connectivity index (χ4v) is 3.96. The van der Waals surface area contributed by atoms with Crippen LogP contribution in [0.15, 0.2) is 66.7 Å². The standard InChI is InChI=1S/C27H29N3O3/c1-19-9-6-10-20(2)26(19)33-16-8-15-30-24-14-5-4-13-23(24)29-25(30)18-28-27(31)21-11-7-12-22(17-21)32-3/h4-7,9-14,17H,8,15-16,18H2,1-3H3,(H,28,31). The number of aromatic nitrogens is 2. The minimum Gasteiger partial charge on any atom is -0.497 e. The molecule has 0 fully saturated rings. The van der Waals surface area contributed by atoms with Crippen molar-refractivity contribution in [3.63, 3.8) is 0 Å². The fourth-order valence-electron chi connectivity index (χ4n) is 3.96. The molecular formula is C27H29N3O3. The van der Waals surface area contributed by atoms with Crippen LogP contribution in [0.2, 0.25) is 0 Å². The number of carbonyl (C=O) groups excluding carboxylic acids is 1. The smallest absolute Gasteiger partial charge is 0.251 e. The van der Waals surface area contributed by atoms with Gasteiger partial charge in [-0.1, -0.05) is 36.4 Å². The highest BCUT2D eigenvalue weighted by atomic mass is 16.5. The zero-order valence-electron chi connectivity index (χ0n) is 19.3. The molecule has 1 amide bonds. The molecule has 0 radical (unpaired) electrons. The summed E-state index contributed by atoms with van der Waals surface area (Å²) >= 11 is 0. The van der Waals surface area contributed by atoms with E-state index in [1.165, 1.54) is 0 Å². The number of nitrogens with zero attached hydrogens (tertiary/aromatic N) is 2. The lowest BCUT2D eigenvalue weighted by molar-refractivity contribution is 0.0949. The Morgan fingerprint density at radius 1 is 1.00 bits per heavy atom. The lowest BCUT2D eigenvalue weighted by Crippen LogP contribution is -2.25. The Balaban J connectivity index is 1.44. The van der Waals surface area contributed by atoms with E-state index in [4.69, 9.17) is 14.5 Å². The summed E-state index contributed by atoms with van der Waals surface area (Å²) < 4.78 is 13.5. The van der Waals surface area contributed by atoms with E-state index in [9.17, 15) is 4.79 Å². The normalized spacial score (nSPS) is 10.9. The van der Waals surface area contributed by atoms with Crippen molar-refractivity contribution in [1.82, 2.24) is 14.9 Å². The van der Waals surface area contributed by atoms with Gasteiger partial charge in [-0.2, -0.15) is 0 Å². The Bertz CT molecular complexity index is 1240. The second-order valence-corrected chi connectivity index (χ2v) is 8.01. The van der Waals surface area contributed by atoms with Gasteiger partial charge in [0.05, 0.1) is 31.3 Å². The molecule has 0 saturated heterocycles. The number of benzene rings is 3. The molecule has 1 heterocycles. The summed E-state index contributed by atoms with van der Waals surface area (Å²) in [6.07, 6.45) is 0.824. The lowest BCUT2D eigenvalue weighted by Gasteiger charge is -2.13. The van der Waals surface area contributed by atoms with E-state index in [2.05, 4.69) is 41.9 Å². The molecule has 1 aromatic heterocycles. The van der Waals surface area contributed by atoms with Crippen molar-refractivity contribution >= 4 is 16.9 Å². The highest BCUT2D eigenvalue weighted by Crippen LogP contribution is 2.23. The third-order valence-corrected chi connectivity index (χ3v) is 5.65. The highest BCUT2D eigenvalue weighted by molar-refractivity contribution is 5.94. The van der Waals surface area contributed by atoms with Crippen molar-refractivity contribution in [2.45, 2.75) is 33.4 Å². The average molecular weight is 444 g/mol. The molecule has 6 nitrogen and oxygen atoms in total. The molecule has 3 aromatic carbocycles. The van der Waals surface area contributed by atoms with Crippen molar-refractivity contribution < 1.29 is 14.3 Å². The molecule has 0 atom stereocenters. The minimum atomic E-state index is -0.161. The molecule has 0 aliphatic carbocycles. The average Bonchev–Trinajstić information content (AvgIpc) is 3.19. The van der Waals surface area contributed by atoms with Crippen LogP contribution in [0, 0.1) is 13.8 Å². The van der Waals surface area contributed by atoms with Gasteiger partial charge in [0.15, 0.2) is 0 Å². The zero-order valence-corrected chi connectivity index (χ0v) is 19.3. The number of hydrogen-bond donors (Lipinski definition) is 1. The van der Waals surface area contributed by atoms with Gasteiger partial charge in [0, 0.05) is 12.1 Å². The summed E-state index contributed by atoms with van der Waals surface area (Å²) in [7, 11) is 1.59. The summed E-state index contributed by atoms with van der Waals surface area (Å²) in [6, 6.07) is 21.3. The predicted molar refractivity (Wildman–Crippen MR) is 130 cm³/mol. The highest BCUT2D eigenvalue weighted by Gasteiger charge is 2.13. The first-order chi connectivity index (χ1) is 16.1. The van der Waals surface area contributed by atoms with Crippen LogP contribution < -0.4 is 14.8 Å². The molecule has 0 unspecified atom stereocenters. The third-order valence-electron chi connectivity index (χ3n) is 5.65. The zero-order chi connectivity index (χ0) is 23.2. The van der Waals surface area contributed by atoms with E-state index >= 15 is 0 Å². The SMILES string of the molecule is COc1cccc(C(=O)NCc2nc3ccccc3n2CCCOc2c(C)cccc2C)c1. The molecule has 0 spiro atoms. The van der Waals surface area contributed by atoms with Gasteiger partial charge in [-0.05, 0) is 61.7 Å². The van der Waals surface area contributed by atoms with Crippen LogP contribution in [0.3, 0.4) is 0 Å². The van der Waals surface area contributed by atoms with E-state index < -0.39 is 0 Å². The number of rotatable bonds is 9. The van der Waals surface area contributed by atoms with Crippen LogP contribution in [0.1, 0.15) is 33.7 Å². The molecular weight excluding hydrogens is 414 g/mol. The second-order valence-electron chi connectivity index (χ2n) is 8.01. The van der Waals surface area contributed by atoms with Crippen molar-refractivity contribution in [3.05, 3.63) is 89.2 Å². The number of fused-ring (bicyclic) bond motifs is 1. The Morgan fingerprint density at radius 3 is 2.55 bits per heavy atom. The van der Waals surface area contributed by atoms with Gasteiger partial charge < -0.3 is 19.4 Å². The van der Waals surface area contributed by atoms with Crippen LogP contribution in [0.5, 0.6) is 11.5 Å². The first kappa shape index (κ1) is 22.4. The van der Waals surface area contributed by atoms with Crippen LogP contribution in [0.25, 0.3) is 11.0 Å². The number of hydrogen-bond acceptors (Lipinski definition) is 4. The van der Waals surface area contributed by atoms with Gasteiger partial charge >= 0.3 is 0 Å². The van der Waals surface area contributed by atoms with Crippen LogP contribution in [0.4, 0.5) is 0 Å². The largest absolute Gasteiger partial charge is 0.497 e. The molecule has 0 bridgehead atoms. The van der Waals surface area contributed by atoms with Crippen LogP contribution in [-0.2, 0) is 13.1 Å². The minimum absolute atomic E-state index is 0.161. The first-order valence-corrected chi connectivity index (χ1v) is 11.1. The van der Waals surface area contributed by atoms with E-state index in [1.807, 2.05) is 30.3 Å². The Labute approximate surface area is 194 Å². The molecule has 4 rings (SSSR count). The number of methoxy groups -OCH3 is 1. The summed E-state index contributed by atoms with van der Waals surface area (Å²) in [5.41, 5.74) is 4.81. The van der Waals surface area contributed by atoms with Crippen molar-refractivity contribution in [2.24, 2.45) is 0 Å². The summed E-state index contributed by atoms with van der Waals surface area (Å²) in [6.45, 7) is 5.82. The van der Waals surface area contributed by atoms with Gasteiger partial charge in [-0.3, -0.25) is 4.79 Å².